The summed E-state index contributed by atoms with van der Waals surface area (Å²) >= 11 is 5.68. The lowest BCUT2D eigenvalue weighted by molar-refractivity contribution is -0.148. The Hall–Kier alpha value is -1.62. The van der Waals surface area contributed by atoms with Crippen molar-refractivity contribution in [1.29, 1.82) is 0 Å². The zero-order chi connectivity index (χ0) is 14.0. The second-order valence-electron chi connectivity index (χ2n) is 4.62. The van der Waals surface area contributed by atoms with Crippen LogP contribution in [0.15, 0.2) is 18.3 Å². The Labute approximate surface area is 116 Å². The highest BCUT2D eigenvalue weighted by atomic mass is 35.5. The number of pyridine rings is 1. The molecule has 0 bridgehead atoms. The van der Waals surface area contributed by atoms with Gasteiger partial charge in [0.1, 0.15) is 10.7 Å². The molecule has 1 aromatic heterocycles. The smallest absolute Gasteiger partial charge is 0.329 e. The molecule has 1 aliphatic heterocycles. The molecule has 1 aromatic rings. The van der Waals surface area contributed by atoms with Gasteiger partial charge in [-0.2, -0.15) is 0 Å². The summed E-state index contributed by atoms with van der Waals surface area (Å²) in [6.45, 7) is 2.25. The average Bonchev–Trinajstić information content (AvgIpc) is 2.83. The van der Waals surface area contributed by atoms with Gasteiger partial charge in [-0.3, -0.25) is 4.79 Å². The van der Waals surface area contributed by atoms with Gasteiger partial charge in [0.15, 0.2) is 0 Å². The maximum atomic E-state index is 12.4. The number of carbonyl (C=O) groups excluding carboxylic acids is 1. The summed E-state index contributed by atoms with van der Waals surface area (Å²) in [6, 6.07) is 3.09. The first-order valence-corrected chi connectivity index (χ1v) is 6.56. The molecule has 5 nitrogen and oxygen atoms in total. The van der Waals surface area contributed by atoms with Crippen molar-refractivity contribution in [3.05, 3.63) is 29.0 Å². The molecule has 1 atom stereocenters. The molecule has 2 rings (SSSR count). The molecule has 2 heterocycles. The number of halogens is 1. The molecule has 6 heteroatoms. The van der Waals surface area contributed by atoms with Crippen molar-refractivity contribution in [2.24, 2.45) is 0 Å². The van der Waals surface area contributed by atoms with E-state index in [-0.39, 0.29) is 5.91 Å². The van der Waals surface area contributed by atoms with Crippen LogP contribution in [0.1, 0.15) is 36.5 Å². The second kappa shape index (κ2) is 5.17. The zero-order valence-electron chi connectivity index (χ0n) is 10.6. The van der Waals surface area contributed by atoms with Gasteiger partial charge >= 0.3 is 5.97 Å². The molecule has 1 saturated heterocycles. The van der Waals surface area contributed by atoms with E-state index in [0.29, 0.717) is 36.5 Å². The van der Waals surface area contributed by atoms with Crippen LogP contribution in [-0.4, -0.2) is 39.0 Å². The van der Waals surface area contributed by atoms with E-state index >= 15 is 0 Å². The van der Waals surface area contributed by atoms with Crippen molar-refractivity contribution in [2.45, 2.75) is 31.7 Å². The molecule has 19 heavy (non-hydrogen) atoms. The topological polar surface area (TPSA) is 70.5 Å². The molecule has 0 spiro atoms. The Bertz CT molecular complexity index is 503. The van der Waals surface area contributed by atoms with E-state index < -0.39 is 11.5 Å². The Balaban J connectivity index is 2.32. The van der Waals surface area contributed by atoms with Crippen LogP contribution in [-0.2, 0) is 4.79 Å². The van der Waals surface area contributed by atoms with Crippen LogP contribution in [0.25, 0.3) is 0 Å². The van der Waals surface area contributed by atoms with Crippen LogP contribution in [0.4, 0.5) is 0 Å². The fourth-order valence-electron chi connectivity index (χ4n) is 2.57. The Morgan fingerprint density at radius 3 is 2.79 bits per heavy atom. The van der Waals surface area contributed by atoms with E-state index in [1.54, 1.807) is 13.0 Å². The van der Waals surface area contributed by atoms with E-state index in [2.05, 4.69) is 4.98 Å². The lowest BCUT2D eigenvalue weighted by Gasteiger charge is -2.33. The highest BCUT2D eigenvalue weighted by molar-refractivity contribution is 6.29. The minimum Gasteiger partial charge on any atom is -0.479 e. The molecule has 1 N–H and O–H groups in total. The predicted molar refractivity (Wildman–Crippen MR) is 70.2 cm³/mol. The van der Waals surface area contributed by atoms with Crippen LogP contribution in [0.3, 0.4) is 0 Å². The molecule has 0 aliphatic carbocycles. The largest absolute Gasteiger partial charge is 0.479 e. The monoisotopic (exact) mass is 282 g/mol. The quantitative estimate of drug-likeness (QED) is 0.863. The molecular weight excluding hydrogens is 268 g/mol. The number of hydrogen-bond donors (Lipinski definition) is 1. The van der Waals surface area contributed by atoms with E-state index in [1.807, 2.05) is 0 Å². The zero-order valence-corrected chi connectivity index (χ0v) is 11.4. The van der Waals surface area contributed by atoms with Crippen LogP contribution >= 0.6 is 11.6 Å². The van der Waals surface area contributed by atoms with Gasteiger partial charge in [0.2, 0.25) is 0 Å². The number of rotatable bonds is 3. The molecule has 102 valence electrons. The van der Waals surface area contributed by atoms with E-state index in [1.165, 1.54) is 17.2 Å². The Kier molecular flexibility index (Phi) is 3.75. The van der Waals surface area contributed by atoms with Gasteiger partial charge in [-0.25, -0.2) is 9.78 Å². The SMILES string of the molecule is CCC1(C(=O)O)CCCN1C(=O)c1ccc(Cl)nc1. The van der Waals surface area contributed by atoms with Crippen molar-refractivity contribution in [3.8, 4) is 0 Å². The van der Waals surface area contributed by atoms with Gasteiger partial charge in [0.05, 0.1) is 5.56 Å². The fourth-order valence-corrected chi connectivity index (χ4v) is 2.69. The first-order valence-electron chi connectivity index (χ1n) is 6.18. The van der Waals surface area contributed by atoms with Gasteiger partial charge < -0.3 is 10.0 Å². The lowest BCUT2D eigenvalue weighted by atomic mass is 9.92. The van der Waals surface area contributed by atoms with Crippen LogP contribution in [0.2, 0.25) is 5.15 Å². The molecule has 1 amide bonds. The third kappa shape index (κ3) is 2.30. The highest BCUT2D eigenvalue weighted by Crippen LogP contribution is 2.34. The number of carboxylic acid groups (broad SMARTS) is 1. The lowest BCUT2D eigenvalue weighted by Crippen LogP contribution is -2.52. The second-order valence-corrected chi connectivity index (χ2v) is 5.01. The minimum atomic E-state index is -1.09. The van der Waals surface area contributed by atoms with Gasteiger partial charge in [-0.05, 0) is 31.4 Å². The number of nitrogens with zero attached hydrogens (tertiary/aromatic N) is 2. The van der Waals surface area contributed by atoms with Crippen molar-refractivity contribution < 1.29 is 14.7 Å². The van der Waals surface area contributed by atoms with Crippen LogP contribution in [0, 0.1) is 0 Å². The van der Waals surface area contributed by atoms with Crippen molar-refractivity contribution in [1.82, 2.24) is 9.88 Å². The third-order valence-corrected chi connectivity index (χ3v) is 3.91. The maximum Gasteiger partial charge on any atom is 0.329 e. The molecule has 1 fully saturated rings. The van der Waals surface area contributed by atoms with Gasteiger partial charge in [0.25, 0.3) is 5.91 Å². The summed E-state index contributed by atoms with van der Waals surface area (Å²) < 4.78 is 0. The number of carbonyl (C=O) groups is 2. The molecule has 1 unspecified atom stereocenters. The third-order valence-electron chi connectivity index (χ3n) is 3.69. The fraction of sp³-hybridized carbons (Fsp3) is 0.462. The predicted octanol–water partition coefficient (Wildman–Crippen LogP) is 2.20. The van der Waals surface area contributed by atoms with Crippen LogP contribution in [0.5, 0.6) is 0 Å². The van der Waals surface area contributed by atoms with Gasteiger partial charge in [-0.15, -0.1) is 0 Å². The Morgan fingerprint density at radius 1 is 1.53 bits per heavy atom. The van der Waals surface area contributed by atoms with Crippen molar-refractivity contribution in [3.63, 3.8) is 0 Å². The number of likely N-dealkylation sites (tertiary alicyclic amines) is 1. The number of amides is 1. The normalized spacial score (nSPS) is 22.5. The summed E-state index contributed by atoms with van der Waals surface area (Å²) in [5.74, 6) is -1.24. The van der Waals surface area contributed by atoms with E-state index in [0.717, 1.165) is 0 Å². The standard InChI is InChI=1S/C13H15ClN2O3/c1-2-13(12(18)19)6-3-7-16(13)11(17)9-4-5-10(14)15-8-9/h4-5,8H,2-3,6-7H2,1H3,(H,18,19). The Morgan fingerprint density at radius 2 is 2.26 bits per heavy atom. The first-order chi connectivity index (χ1) is 9.01. The molecule has 0 radical (unpaired) electrons. The molecular formula is C13H15ClN2O3. The molecule has 0 saturated carbocycles. The highest BCUT2D eigenvalue weighted by Gasteiger charge is 2.48. The van der Waals surface area contributed by atoms with E-state index in [4.69, 9.17) is 11.6 Å². The molecule has 1 aliphatic rings. The summed E-state index contributed by atoms with van der Waals surface area (Å²) in [5, 5.41) is 9.75. The summed E-state index contributed by atoms with van der Waals surface area (Å²) in [4.78, 5) is 29.2. The van der Waals surface area contributed by atoms with Crippen molar-refractivity contribution >= 4 is 23.5 Å². The molecule has 0 aromatic carbocycles. The summed E-state index contributed by atoms with van der Waals surface area (Å²) in [6.07, 6.45) is 2.97. The maximum absolute atomic E-state index is 12.4. The van der Waals surface area contributed by atoms with Crippen LogP contribution < -0.4 is 0 Å². The number of aromatic nitrogens is 1. The summed E-state index contributed by atoms with van der Waals surface area (Å²) in [7, 11) is 0. The minimum absolute atomic E-state index is 0.300. The van der Waals surface area contributed by atoms with Gasteiger partial charge in [0, 0.05) is 12.7 Å². The number of aliphatic carboxylic acids is 1. The van der Waals surface area contributed by atoms with Crippen molar-refractivity contribution in [2.75, 3.05) is 6.54 Å². The average molecular weight is 283 g/mol. The first kappa shape index (κ1) is 13.8. The number of carboxylic acids is 1. The van der Waals surface area contributed by atoms with Gasteiger partial charge in [-0.1, -0.05) is 18.5 Å². The number of hydrogen-bond acceptors (Lipinski definition) is 3. The summed E-state index contributed by atoms with van der Waals surface area (Å²) in [5.41, 5.74) is -0.720. The van der Waals surface area contributed by atoms with E-state index in [9.17, 15) is 14.7 Å².